The van der Waals surface area contributed by atoms with E-state index in [1.54, 1.807) is 12.0 Å². The molecule has 7 heteroatoms. The molecule has 2 N–H and O–H groups in total. The number of benzene rings is 1. The summed E-state index contributed by atoms with van der Waals surface area (Å²) in [7, 11) is 1.69. The number of nitrogens with one attached hydrogen (secondary N) is 2. The van der Waals surface area contributed by atoms with E-state index in [-0.39, 0.29) is 0 Å². The molecule has 0 spiro atoms. The Balaban J connectivity index is 1.46. The van der Waals surface area contributed by atoms with Gasteiger partial charge in [0.15, 0.2) is 6.04 Å². The summed E-state index contributed by atoms with van der Waals surface area (Å²) in [4.78, 5) is 3.49. The van der Waals surface area contributed by atoms with E-state index in [4.69, 9.17) is 4.74 Å². The molecule has 1 aliphatic carbocycles. The van der Waals surface area contributed by atoms with Crippen LogP contribution < -0.4 is 14.5 Å². The first kappa shape index (κ1) is 20.3. The number of hydrogen-bond donors (Lipinski definition) is 2. The van der Waals surface area contributed by atoms with Crippen LogP contribution in [-0.2, 0) is 6.54 Å². The highest BCUT2D eigenvalue weighted by atomic mass is 16.5. The van der Waals surface area contributed by atoms with E-state index in [1.165, 1.54) is 57.4 Å². The Morgan fingerprint density at radius 1 is 1.07 bits per heavy atom. The van der Waals surface area contributed by atoms with E-state index in [9.17, 15) is 0 Å². The van der Waals surface area contributed by atoms with Gasteiger partial charge in [-0.2, -0.15) is 0 Å². The Morgan fingerprint density at radius 2 is 1.76 bits per heavy atom. The number of ether oxygens (including phenoxy) is 1. The van der Waals surface area contributed by atoms with Gasteiger partial charge < -0.3 is 14.5 Å². The maximum absolute atomic E-state index is 5.27. The zero-order valence-electron chi connectivity index (χ0n) is 18.1. The van der Waals surface area contributed by atoms with Crippen molar-refractivity contribution < 1.29 is 14.5 Å². The van der Waals surface area contributed by atoms with Crippen LogP contribution in [0, 0.1) is 5.92 Å². The van der Waals surface area contributed by atoms with Crippen molar-refractivity contribution in [2.45, 2.75) is 58.2 Å². The summed E-state index contributed by atoms with van der Waals surface area (Å²) in [6.45, 7) is 10.3. The number of methoxy groups -OCH3 is 1. The van der Waals surface area contributed by atoms with Gasteiger partial charge in [-0.25, -0.2) is 4.68 Å². The molecule has 0 amide bonds. The van der Waals surface area contributed by atoms with Crippen molar-refractivity contribution in [3.05, 3.63) is 35.7 Å². The van der Waals surface area contributed by atoms with Gasteiger partial charge in [-0.1, -0.05) is 26.0 Å². The first-order valence-electron chi connectivity index (χ1n) is 11.2. The number of piperazine rings is 1. The van der Waals surface area contributed by atoms with Crippen LogP contribution in [0.3, 0.4) is 0 Å². The van der Waals surface area contributed by atoms with Gasteiger partial charge in [0, 0.05) is 5.92 Å². The summed E-state index contributed by atoms with van der Waals surface area (Å²) in [5, 5.41) is 12.9. The Morgan fingerprint density at radius 3 is 2.38 bits per heavy atom. The molecular formula is C22H36N6O+2. The molecule has 0 unspecified atom stereocenters. The molecule has 1 saturated carbocycles. The van der Waals surface area contributed by atoms with Gasteiger partial charge >= 0.3 is 0 Å². The quantitative estimate of drug-likeness (QED) is 0.695. The molecule has 7 nitrogen and oxygen atoms in total. The van der Waals surface area contributed by atoms with Crippen LogP contribution in [0.5, 0.6) is 5.75 Å². The Kier molecular flexibility index (Phi) is 6.45. The van der Waals surface area contributed by atoms with E-state index in [1.807, 2.05) is 21.7 Å². The van der Waals surface area contributed by atoms with Gasteiger partial charge in [0.05, 0.1) is 19.7 Å². The van der Waals surface area contributed by atoms with Crippen molar-refractivity contribution in [3.63, 3.8) is 0 Å². The van der Waals surface area contributed by atoms with Crippen molar-refractivity contribution in [1.29, 1.82) is 0 Å². The van der Waals surface area contributed by atoms with Gasteiger partial charge in [0.1, 0.15) is 31.9 Å². The molecule has 0 bridgehead atoms. The largest absolute Gasteiger partial charge is 0.497 e. The lowest BCUT2D eigenvalue weighted by molar-refractivity contribution is -1.04. The van der Waals surface area contributed by atoms with Crippen LogP contribution in [0.1, 0.15) is 57.0 Å². The fraction of sp³-hybridized carbons (Fsp3) is 0.682. The van der Waals surface area contributed by atoms with E-state index in [0.29, 0.717) is 18.5 Å². The molecule has 158 valence electrons. The predicted molar refractivity (Wildman–Crippen MR) is 111 cm³/mol. The topological polar surface area (TPSA) is 61.7 Å². The Labute approximate surface area is 174 Å². The van der Waals surface area contributed by atoms with E-state index < -0.39 is 0 Å². The summed E-state index contributed by atoms with van der Waals surface area (Å²) >= 11 is 0. The molecule has 1 saturated heterocycles. The molecule has 29 heavy (non-hydrogen) atoms. The van der Waals surface area contributed by atoms with Crippen molar-refractivity contribution in [1.82, 2.24) is 20.2 Å². The molecule has 1 aliphatic heterocycles. The highest BCUT2D eigenvalue weighted by molar-refractivity contribution is 5.27. The third kappa shape index (κ3) is 4.61. The molecule has 1 aromatic heterocycles. The van der Waals surface area contributed by atoms with Crippen LogP contribution in [0.4, 0.5) is 0 Å². The molecule has 1 atom stereocenters. The monoisotopic (exact) mass is 400 g/mol. The zero-order chi connectivity index (χ0) is 20.2. The molecule has 0 radical (unpaired) electrons. The first-order valence-corrected chi connectivity index (χ1v) is 11.2. The average molecular weight is 401 g/mol. The summed E-state index contributed by atoms with van der Waals surface area (Å²) in [6.07, 6.45) is 5.72. The fourth-order valence-electron chi connectivity index (χ4n) is 5.35. The minimum Gasteiger partial charge on any atom is -0.497 e. The van der Waals surface area contributed by atoms with Crippen LogP contribution in [-0.4, -0.2) is 59.5 Å². The van der Waals surface area contributed by atoms with Crippen LogP contribution in [0.2, 0.25) is 0 Å². The third-order valence-electron chi connectivity index (χ3n) is 6.90. The maximum atomic E-state index is 5.27. The predicted octanol–water partition coefficient (Wildman–Crippen LogP) is 0.153. The SMILES string of the molecule is COc1ccc(Cn2nnnc2[C@@H](C(C)C)[NH+]2CC[NH+](C3CCCC3)CC2)cc1. The first-order chi connectivity index (χ1) is 14.2. The lowest BCUT2D eigenvalue weighted by atomic mass is 10.00. The molecule has 2 fully saturated rings. The fourth-order valence-corrected chi connectivity index (χ4v) is 5.35. The molecule has 2 aromatic rings. The molecule has 2 heterocycles. The van der Waals surface area contributed by atoms with Crippen molar-refractivity contribution >= 4 is 0 Å². The standard InChI is InChI=1S/C22H34N6O/c1-17(2)21(27-14-12-26(13-15-27)19-6-4-5-7-19)22-23-24-25-28(22)16-18-8-10-20(29-3)11-9-18/h8-11,17,19,21H,4-7,12-16H2,1-3H3/p+2/t21-/m1/s1. The van der Waals surface area contributed by atoms with Crippen molar-refractivity contribution in [2.24, 2.45) is 5.92 Å². The average Bonchev–Trinajstić information content (AvgIpc) is 3.42. The molecule has 4 rings (SSSR count). The number of aromatic nitrogens is 4. The van der Waals surface area contributed by atoms with Gasteiger partial charge in [-0.3, -0.25) is 0 Å². The van der Waals surface area contributed by atoms with Crippen molar-refractivity contribution in [2.75, 3.05) is 33.3 Å². The van der Waals surface area contributed by atoms with Crippen LogP contribution in [0.15, 0.2) is 24.3 Å². The van der Waals surface area contributed by atoms with Gasteiger partial charge in [-0.15, -0.1) is 5.10 Å². The zero-order valence-corrected chi connectivity index (χ0v) is 18.1. The molecule has 1 aromatic carbocycles. The lowest BCUT2D eigenvalue weighted by Gasteiger charge is -2.37. The lowest BCUT2D eigenvalue weighted by Crippen LogP contribution is -3.29. The number of nitrogens with zero attached hydrogens (tertiary/aromatic N) is 4. The second-order valence-corrected chi connectivity index (χ2v) is 9.06. The minimum atomic E-state index is 0.341. The van der Waals surface area contributed by atoms with Crippen LogP contribution >= 0.6 is 0 Å². The van der Waals surface area contributed by atoms with E-state index in [0.717, 1.165) is 17.6 Å². The number of quaternary nitrogens is 2. The second-order valence-electron chi connectivity index (χ2n) is 9.06. The molecule has 2 aliphatic rings. The highest BCUT2D eigenvalue weighted by Crippen LogP contribution is 2.19. The van der Waals surface area contributed by atoms with Crippen molar-refractivity contribution in [3.8, 4) is 5.75 Å². The Bertz CT molecular complexity index is 760. The number of rotatable bonds is 7. The summed E-state index contributed by atoms with van der Waals surface area (Å²) in [6, 6.07) is 9.42. The maximum Gasteiger partial charge on any atom is 0.209 e. The van der Waals surface area contributed by atoms with E-state index in [2.05, 4.69) is 41.5 Å². The van der Waals surface area contributed by atoms with Gasteiger partial charge in [0.25, 0.3) is 0 Å². The third-order valence-corrected chi connectivity index (χ3v) is 6.90. The Hall–Kier alpha value is -1.99. The minimum absolute atomic E-state index is 0.341. The normalized spacial score (nSPS) is 24.1. The second kappa shape index (κ2) is 9.22. The molecular weight excluding hydrogens is 364 g/mol. The van der Waals surface area contributed by atoms with Crippen LogP contribution in [0.25, 0.3) is 0 Å². The number of hydrogen-bond acceptors (Lipinski definition) is 4. The van der Waals surface area contributed by atoms with Gasteiger partial charge in [0.2, 0.25) is 5.82 Å². The van der Waals surface area contributed by atoms with E-state index >= 15 is 0 Å². The summed E-state index contributed by atoms with van der Waals surface area (Å²) in [5.41, 5.74) is 1.19. The highest BCUT2D eigenvalue weighted by Gasteiger charge is 2.38. The summed E-state index contributed by atoms with van der Waals surface area (Å²) < 4.78 is 7.27. The summed E-state index contributed by atoms with van der Waals surface area (Å²) in [5.74, 6) is 2.40. The van der Waals surface area contributed by atoms with Gasteiger partial charge in [-0.05, 0) is 53.8 Å². The smallest absolute Gasteiger partial charge is 0.209 e. The number of tetrazole rings is 1.